The Morgan fingerprint density at radius 3 is 2.35 bits per heavy atom. The molecule has 0 spiro atoms. The minimum atomic E-state index is 0.407. The average Bonchev–Trinajstić information content (AvgIpc) is 2.50. The van der Waals surface area contributed by atoms with Gasteiger partial charge in [0.1, 0.15) is 5.75 Å². The molecule has 0 radical (unpaired) electrons. The lowest BCUT2D eigenvalue weighted by atomic mass is 9.66. The number of hydrogen-bond donors (Lipinski definition) is 1. The van der Waals surface area contributed by atoms with Crippen molar-refractivity contribution in [1.82, 2.24) is 0 Å². The molecule has 0 bridgehead atoms. The summed E-state index contributed by atoms with van der Waals surface area (Å²) in [5, 5.41) is 0.700. The normalized spacial score (nSPS) is 23.6. The molecular weight excluding hydrogens is 306 g/mol. The lowest BCUT2D eigenvalue weighted by Crippen LogP contribution is -2.30. The van der Waals surface area contributed by atoms with Crippen molar-refractivity contribution in [1.29, 1.82) is 0 Å². The predicted molar refractivity (Wildman–Crippen MR) is 99.3 cm³/mol. The van der Waals surface area contributed by atoms with Crippen molar-refractivity contribution in [3.63, 3.8) is 0 Å². The molecule has 0 saturated heterocycles. The highest BCUT2D eigenvalue weighted by molar-refractivity contribution is 6.32. The van der Waals surface area contributed by atoms with Crippen LogP contribution in [0, 0.1) is 17.3 Å². The Morgan fingerprint density at radius 2 is 1.87 bits per heavy atom. The molecule has 0 heterocycles. The van der Waals surface area contributed by atoms with Crippen molar-refractivity contribution < 1.29 is 4.74 Å². The van der Waals surface area contributed by atoms with Crippen molar-refractivity contribution in [3.05, 3.63) is 28.8 Å². The van der Waals surface area contributed by atoms with E-state index in [4.69, 9.17) is 22.1 Å². The van der Waals surface area contributed by atoms with Gasteiger partial charge in [0, 0.05) is 0 Å². The van der Waals surface area contributed by atoms with E-state index in [2.05, 4.69) is 32.9 Å². The topological polar surface area (TPSA) is 35.2 Å². The lowest BCUT2D eigenvalue weighted by molar-refractivity contribution is 0.140. The molecule has 2 nitrogen and oxygen atoms in total. The molecule has 1 unspecified atom stereocenters. The fourth-order valence-electron chi connectivity index (χ4n) is 4.01. The molecule has 130 valence electrons. The summed E-state index contributed by atoms with van der Waals surface area (Å²) in [6, 6.07) is 6.19. The Balaban J connectivity index is 2.07. The summed E-state index contributed by atoms with van der Waals surface area (Å²) in [7, 11) is 0. The van der Waals surface area contributed by atoms with Crippen molar-refractivity contribution in [2.45, 2.75) is 59.3 Å². The van der Waals surface area contributed by atoms with Crippen molar-refractivity contribution in [2.24, 2.45) is 23.0 Å². The highest BCUT2D eigenvalue weighted by Gasteiger charge is 2.33. The van der Waals surface area contributed by atoms with Gasteiger partial charge in [-0.15, -0.1) is 0 Å². The Morgan fingerprint density at radius 1 is 1.22 bits per heavy atom. The first-order chi connectivity index (χ1) is 10.9. The molecule has 0 amide bonds. The van der Waals surface area contributed by atoms with E-state index in [-0.39, 0.29) is 0 Å². The van der Waals surface area contributed by atoms with Gasteiger partial charge in [0.2, 0.25) is 0 Å². The lowest BCUT2D eigenvalue weighted by Gasteiger charge is -2.39. The van der Waals surface area contributed by atoms with Crippen molar-refractivity contribution >= 4 is 11.6 Å². The SMILES string of the molecule is CCOc1ccc(C(CN)C2CCC(C(C)(C)C)CC2)cc1Cl. The second-order valence-corrected chi connectivity index (χ2v) is 8.35. The summed E-state index contributed by atoms with van der Waals surface area (Å²) >= 11 is 6.37. The zero-order valence-corrected chi connectivity index (χ0v) is 15.8. The maximum atomic E-state index is 6.37. The zero-order chi connectivity index (χ0) is 17.0. The van der Waals surface area contributed by atoms with Crippen LogP contribution in [0.4, 0.5) is 0 Å². The smallest absolute Gasteiger partial charge is 0.137 e. The Kier molecular flexibility index (Phi) is 6.39. The maximum Gasteiger partial charge on any atom is 0.137 e. The number of ether oxygens (including phenoxy) is 1. The van der Waals surface area contributed by atoms with Gasteiger partial charge in [-0.2, -0.15) is 0 Å². The molecule has 1 aliphatic rings. The van der Waals surface area contributed by atoms with Crippen LogP contribution in [-0.4, -0.2) is 13.2 Å². The van der Waals surface area contributed by atoms with Gasteiger partial charge < -0.3 is 10.5 Å². The highest BCUT2D eigenvalue weighted by atomic mass is 35.5. The van der Waals surface area contributed by atoms with E-state index in [1.54, 1.807) is 0 Å². The summed E-state index contributed by atoms with van der Waals surface area (Å²) in [5.41, 5.74) is 7.81. The summed E-state index contributed by atoms with van der Waals surface area (Å²) in [6.07, 6.45) is 5.17. The fourth-order valence-corrected chi connectivity index (χ4v) is 4.25. The minimum absolute atomic E-state index is 0.407. The maximum absolute atomic E-state index is 6.37. The van der Waals surface area contributed by atoms with E-state index in [0.29, 0.717) is 35.4 Å². The fraction of sp³-hybridized carbons (Fsp3) is 0.700. The van der Waals surface area contributed by atoms with Crippen LogP contribution in [0.1, 0.15) is 64.9 Å². The second-order valence-electron chi connectivity index (χ2n) is 7.94. The number of benzene rings is 1. The van der Waals surface area contributed by atoms with Gasteiger partial charge in [-0.1, -0.05) is 38.4 Å². The van der Waals surface area contributed by atoms with Gasteiger partial charge >= 0.3 is 0 Å². The van der Waals surface area contributed by atoms with E-state index in [9.17, 15) is 0 Å². The quantitative estimate of drug-likeness (QED) is 0.755. The predicted octanol–water partition coefficient (Wildman–Crippen LogP) is 5.63. The monoisotopic (exact) mass is 337 g/mol. The molecule has 0 aliphatic heterocycles. The van der Waals surface area contributed by atoms with Crippen LogP contribution >= 0.6 is 11.6 Å². The van der Waals surface area contributed by atoms with Gasteiger partial charge in [0.05, 0.1) is 11.6 Å². The Bertz CT molecular complexity index is 501. The summed E-state index contributed by atoms with van der Waals surface area (Å²) < 4.78 is 5.54. The van der Waals surface area contributed by atoms with Crippen LogP contribution in [0.2, 0.25) is 5.02 Å². The molecule has 1 aromatic carbocycles. The first-order valence-corrected chi connectivity index (χ1v) is 9.37. The van der Waals surface area contributed by atoms with E-state index in [0.717, 1.165) is 11.7 Å². The highest BCUT2D eigenvalue weighted by Crippen LogP contribution is 2.44. The molecule has 1 fully saturated rings. The third-order valence-corrected chi connectivity index (χ3v) is 5.80. The first-order valence-electron chi connectivity index (χ1n) is 8.99. The molecule has 0 aromatic heterocycles. The zero-order valence-electron chi connectivity index (χ0n) is 15.1. The number of nitrogens with two attached hydrogens (primary N) is 1. The average molecular weight is 338 g/mol. The Hall–Kier alpha value is -0.730. The van der Waals surface area contributed by atoms with Crippen molar-refractivity contribution in [3.8, 4) is 5.75 Å². The van der Waals surface area contributed by atoms with Gasteiger partial charge in [-0.25, -0.2) is 0 Å². The molecular formula is C20H32ClNO. The summed E-state index contributed by atoms with van der Waals surface area (Å²) in [5.74, 6) is 2.68. The van der Waals surface area contributed by atoms with Crippen LogP contribution < -0.4 is 10.5 Å². The van der Waals surface area contributed by atoms with Crippen LogP contribution in [0.15, 0.2) is 18.2 Å². The number of halogens is 1. The minimum Gasteiger partial charge on any atom is -0.492 e. The standard InChI is InChI=1S/C20H32ClNO/c1-5-23-19-11-8-15(12-18(19)21)17(13-22)14-6-9-16(10-7-14)20(2,3)4/h8,11-12,14,16-17H,5-7,9-10,13,22H2,1-4H3. The van der Waals surface area contributed by atoms with Crippen molar-refractivity contribution in [2.75, 3.05) is 13.2 Å². The molecule has 1 aromatic rings. The Labute approximate surface area is 146 Å². The molecule has 2 N–H and O–H groups in total. The molecule has 1 atom stereocenters. The van der Waals surface area contributed by atoms with E-state index in [1.165, 1.54) is 31.2 Å². The van der Waals surface area contributed by atoms with E-state index >= 15 is 0 Å². The van der Waals surface area contributed by atoms with Gasteiger partial charge in [-0.05, 0) is 80.0 Å². The van der Waals surface area contributed by atoms with Crippen LogP contribution in [0.3, 0.4) is 0 Å². The third-order valence-electron chi connectivity index (χ3n) is 5.50. The van der Waals surface area contributed by atoms with E-state index in [1.807, 2.05) is 13.0 Å². The third kappa shape index (κ3) is 4.64. The molecule has 23 heavy (non-hydrogen) atoms. The number of rotatable bonds is 5. The van der Waals surface area contributed by atoms with Gasteiger partial charge in [0.25, 0.3) is 0 Å². The second kappa shape index (κ2) is 7.90. The molecule has 2 rings (SSSR count). The van der Waals surface area contributed by atoms with Gasteiger partial charge in [0.15, 0.2) is 0 Å². The molecule has 1 saturated carbocycles. The summed E-state index contributed by atoms with van der Waals surface area (Å²) in [4.78, 5) is 0. The van der Waals surface area contributed by atoms with Gasteiger partial charge in [-0.3, -0.25) is 0 Å². The van der Waals surface area contributed by atoms with Crippen LogP contribution in [0.5, 0.6) is 5.75 Å². The largest absolute Gasteiger partial charge is 0.492 e. The molecule has 3 heteroatoms. The van der Waals surface area contributed by atoms with E-state index < -0.39 is 0 Å². The molecule has 1 aliphatic carbocycles. The summed E-state index contributed by atoms with van der Waals surface area (Å²) in [6.45, 7) is 10.4. The first kappa shape index (κ1) is 18.6. The van der Waals surface area contributed by atoms with Crippen LogP contribution in [-0.2, 0) is 0 Å². The van der Waals surface area contributed by atoms with Crippen LogP contribution in [0.25, 0.3) is 0 Å². The number of hydrogen-bond acceptors (Lipinski definition) is 2.